The Labute approximate surface area is 238 Å². The molecule has 1 aliphatic heterocycles. The average Bonchev–Trinajstić information content (AvgIpc) is 2.96. The van der Waals surface area contributed by atoms with Crippen molar-refractivity contribution >= 4 is 21.6 Å². The van der Waals surface area contributed by atoms with E-state index in [-0.39, 0.29) is 11.6 Å². The number of amides is 1. The number of hydrogen-bond acceptors (Lipinski definition) is 7. The van der Waals surface area contributed by atoms with Gasteiger partial charge >= 0.3 is 6.18 Å². The van der Waals surface area contributed by atoms with E-state index in [1.165, 1.54) is 17.7 Å². The minimum absolute atomic E-state index is 0.0560. The van der Waals surface area contributed by atoms with Crippen LogP contribution in [-0.4, -0.2) is 68.9 Å². The van der Waals surface area contributed by atoms with Crippen LogP contribution in [0.25, 0.3) is 11.1 Å². The van der Waals surface area contributed by atoms with Crippen LogP contribution in [0.15, 0.2) is 67.0 Å². The first kappa shape index (κ1) is 30.3. The maximum atomic E-state index is 12.3. The van der Waals surface area contributed by atoms with Gasteiger partial charge in [-0.1, -0.05) is 24.3 Å². The number of hydrogen-bond donors (Lipinski definition) is 1. The van der Waals surface area contributed by atoms with Crippen molar-refractivity contribution in [2.45, 2.75) is 32.5 Å². The first-order valence-corrected chi connectivity index (χ1v) is 15.0. The Morgan fingerprint density at radius 2 is 1.66 bits per heavy atom. The Hall–Kier alpha value is -3.64. The van der Waals surface area contributed by atoms with Crippen molar-refractivity contribution in [1.82, 2.24) is 14.6 Å². The lowest BCUT2D eigenvalue weighted by Gasteiger charge is -2.39. The molecule has 220 valence electrons. The highest BCUT2D eigenvalue weighted by Gasteiger charge is 2.30. The van der Waals surface area contributed by atoms with Gasteiger partial charge in [-0.2, -0.15) is 13.2 Å². The predicted molar refractivity (Wildman–Crippen MR) is 151 cm³/mol. The van der Waals surface area contributed by atoms with E-state index in [0.717, 1.165) is 48.7 Å². The summed E-state index contributed by atoms with van der Waals surface area (Å²) in [6.07, 6.45) is -2.63. The smallest absolute Gasteiger partial charge is 0.390 e. The molecule has 0 radical (unpaired) electrons. The van der Waals surface area contributed by atoms with Crippen LogP contribution in [0.1, 0.15) is 42.2 Å². The first-order chi connectivity index (χ1) is 19.4. The third-order valence-electron chi connectivity index (χ3n) is 7.01. The molecule has 2 aromatic carbocycles. The van der Waals surface area contributed by atoms with E-state index in [4.69, 9.17) is 4.74 Å². The van der Waals surface area contributed by atoms with Crippen molar-refractivity contribution in [2.75, 3.05) is 43.4 Å². The van der Waals surface area contributed by atoms with Gasteiger partial charge in [0.1, 0.15) is 5.75 Å². The lowest BCUT2D eigenvalue weighted by molar-refractivity contribution is -0.130. The van der Waals surface area contributed by atoms with Crippen LogP contribution in [0.5, 0.6) is 5.75 Å². The SMILES string of the molecule is CCOc1cncc(-c2ccc(C(C)N3CCN(c4ccc(C(=O)NS(=O)(=O)CCC(F)(F)F)cc4)CC3)cc2)c1. The number of aromatic nitrogens is 1. The number of rotatable bonds is 10. The normalized spacial score (nSPS) is 15.4. The summed E-state index contributed by atoms with van der Waals surface area (Å²) in [6, 6.07) is 17.0. The molecule has 41 heavy (non-hydrogen) atoms. The first-order valence-electron chi connectivity index (χ1n) is 13.3. The zero-order chi connectivity index (χ0) is 29.6. The van der Waals surface area contributed by atoms with Gasteiger partial charge in [0, 0.05) is 55.2 Å². The highest BCUT2D eigenvalue weighted by Crippen LogP contribution is 2.28. The molecule has 3 aromatic rings. The van der Waals surface area contributed by atoms with Gasteiger partial charge < -0.3 is 9.64 Å². The van der Waals surface area contributed by atoms with Crippen molar-refractivity contribution in [3.05, 3.63) is 78.1 Å². The lowest BCUT2D eigenvalue weighted by Crippen LogP contribution is -2.47. The van der Waals surface area contributed by atoms with Crippen LogP contribution >= 0.6 is 0 Å². The van der Waals surface area contributed by atoms with Crippen LogP contribution < -0.4 is 14.4 Å². The number of carbonyl (C=O) groups excluding carboxylic acids is 1. The van der Waals surface area contributed by atoms with Gasteiger partial charge in [-0.05, 0) is 55.3 Å². The maximum absolute atomic E-state index is 12.3. The van der Waals surface area contributed by atoms with E-state index in [1.54, 1.807) is 23.1 Å². The van der Waals surface area contributed by atoms with Gasteiger partial charge in [0.05, 0.1) is 25.0 Å². The van der Waals surface area contributed by atoms with Crippen molar-refractivity contribution in [1.29, 1.82) is 0 Å². The number of halogens is 3. The van der Waals surface area contributed by atoms with E-state index in [0.29, 0.717) is 6.61 Å². The Kier molecular flexibility index (Phi) is 9.54. The molecule has 0 spiro atoms. The van der Waals surface area contributed by atoms with E-state index >= 15 is 0 Å². The van der Waals surface area contributed by atoms with Crippen LogP contribution in [0.3, 0.4) is 0 Å². The van der Waals surface area contributed by atoms with Gasteiger partial charge in [-0.15, -0.1) is 0 Å². The second-order valence-electron chi connectivity index (χ2n) is 9.83. The molecule has 0 bridgehead atoms. The third kappa shape index (κ3) is 8.43. The number of anilines is 1. The molecule has 12 heteroatoms. The summed E-state index contributed by atoms with van der Waals surface area (Å²) < 4.78 is 67.9. The molecule has 1 amide bonds. The number of nitrogens with one attached hydrogen (secondary N) is 1. The largest absolute Gasteiger partial charge is 0.492 e. The molecule has 1 aliphatic rings. The molecule has 1 N–H and O–H groups in total. The molecule has 0 aliphatic carbocycles. The van der Waals surface area contributed by atoms with Crippen LogP contribution in [-0.2, 0) is 10.0 Å². The van der Waals surface area contributed by atoms with Crippen molar-refractivity contribution in [3.8, 4) is 16.9 Å². The lowest BCUT2D eigenvalue weighted by atomic mass is 10.0. The second-order valence-corrected chi connectivity index (χ2v) is 11.7. The average molecular weight is 591 g/mol. The molecule has 1 fully saturated rings. The fraction of sp³-hybridized carbons (Fsp3) is 0.379. The quantitative estimate of drug-likeness (QED) is 0.354. The number of piperazine rings is 1. The van der Waals surface area contributed by atoms with Gasteiger partial charge in [-0.3, -0.25) is 14.7 Å². The summed E-state index contributed by atoms with van der Waals surface area (Å²) in [5, 5.41) is 0. The zero-order valence-electron chi connectivity index (χ0n) is 22.9. The van der Waals surface area contributed by atoms with Crippen LogP contribution in [0, 0.1) is 0 Å². The monoisotopic (exact) mass is 590 g/mol. The fourth-order valence-corrected chi connectivity index (χ4v) is 5.68. The number of pyridine rings is 1. The number of benzene rings is 2. The molecular formula is C29H33F3N4O4S. The fourth-order valence-electron chi connectivity index (χ4n) is 4.68. The molecular weight excluding hydrogens is 557 g/mol. The molecule has 1 unspecified atom stereocenters. The Morgan fingerprint density at radius 1 is 1.00 bits per heavy atom. The molecule has 2 heterocycles. The molecule has 1 atom stereocenters. The molecule has 8 nitrogen and oxygen atoms in total. The number of nitrogens with zero attached hydrogens (tertiary/aromatic N) is 3. The molecule has 1 aromatic heterocycles. The third-order valence-corrected chi connectivity index (χ3v) is 8.25. The van der Waals surface area contributed by atoms with Gasteiger partial charge in [0.2, 0.25) is 10.0 Å². The second kappa shape index (κ2) is 12.9. The molecule has 1 saturated heterocycles. The van der Waals surface area contributed by atoms with Crippen molar-refractivity contribution in [2.24, 2.45) is 0 Å². The van der Waals surface area contributed by atoms with Gasteiger partial charge in [-0.25, -0.2) is 13.1 Å². The standard InChI is InChI=1S/C29H33F3N4O4S/c1-3-40-27-18-25(19-33-20-27)23-6-4-22(5-7-23)21(2)35-13-15-36(16-14-35)26-10-8-24(9-11-26)28(37)34-41(38,39)17-12-29(30,31)32/h4-11,18-21H,3,12-17H2,1-2H3,(H,34,37). The van der Waals surface area contributed by atoms with Gasteiger partial charge in [0.25, 0.3) is 5.91 Å². The summed E-state index contributed by atoms with van der Waals surface area (Å²) in [5.74, 6) is -1.42. The maximum Gasteiger partial charge on any atom is 0.390 e. The summed E-state index contributed by atoms with van der Waals surface area (Å²) in [5.41, 5.74) is 4.20. The number of carbonyl (C=O) groups is 1. The molecule has 0 saturated carbocycles. The summed E-state index contributed by atoms with van der Waals surface area (Å²) >= 11 is 0. The van der Waals surface area contributed by atoms with E-state index in [9.17, 15) is 26.4 Å². The zero-order valence-corrected chi connectivity index (χ0v) is 23.7. The summed E-state index contributed by atoms with van der Waals surface area (Å²) in [6.45, 7) is 7.86. The van der Waals surface area contributed by atoms with E-state index in [1.807, 2.05) is 19.2 Å². The Morgan fingerprint density at radius 3 is 2.27 bits per heavy atom. The van der Waals surface area contributed by atoms with Crippen LogP contribution in [0.4, 0.5) is 18.9 Å². The Bertz CT molecular complexity index is 1420. The van der Waals surface area contributed by atoms with Gasteiger partial charge in [0.15, 0.2) is 0 Å². The van der Waals surface area contributed by atoms with Crippen molar-refractivity contribution in [3.63, 3.8) is 0 Å². The minimum atomic E-state index is -4.62. The predicted octanol–water partition coefficient (Wildman–Crippen LogP) is 5.04. The highest BCUT2D eigenvalue weighted by atomic mass is 32.2. The number of alkyl halides is 3. The van der Waals surface area contributed by atoms with Crippen molar-refractivity contribution < 1.29 is 31.1 Å². The van der Waals surface area contributed by atoms with E-state index < -0.39 is 34.3 Å². The number of ether oxygens (including phenoxy) is 1. The molecule has 4 rings (SSSR count). The van der Waals surface area contributed by atoms with Crippen LogP contribution in [0.2, 0.25) is 0 Å². The Balaban J connectivity index is 1.30. The van der Waals surface area contributed by atoms with E-state index in [2.05, 4.69) is 46.0 Å². The highest BCUT2D eigenvalue weighted by molar-refractivity contribution is 7.90. The summed E-state index contributed by atoms with van der Waals surface area (Å²) in [7, 11) is -4.39. The number of sulfonamides is 1. The summed E-state index contributed by atoms with van der Waals surface area (Å²) in [4.78, 5) is 21.1. The minimum Gasteiger partial charge on any atom is -0.492 e. The topological polar surface area (TPSA) is 91.8 Å².